The number of hydrogen-bond donors (Lipinski definition) is 0. The predicted octanol–water partition coefficient (Wildman–Crippen LogP) is 3.12. The lowest BCUT2D eigenvalue weighted by Crippen LogP contribution is -2.11. The molecule has 106 valence electrons. The first-order valence-corrected chi connectivity index (χ1v) is 6.77. The number of alkyl halides is 3. The molecule has 0 unspecified atom stereocenters. The van der Waals surface area contributed by atoms with Crippen molar-refractivity contribution in [3.05, 3.63) is 29.3 Å². The van der Waals surface area contributed by atoms with Crippen LogP contribution in [0.1, 0.15) is 31.0 Å². The van der Waals surface area contributed by atoms with Gasteiger partial charge in [-0.15, -0.1) is 0 Å². The topological polar surface area (TPSA) is 42.3 Å². The first kappa shape index (κ1) is 15.7. The van der Waals surface area contributed by atoms with E-state index in [1.165, 1.54) is 0 Å². The average molecular weight is 296 g/mol. The van der Waals surface area contributed by atoms with Gasteiger partial charge in [-0.25, -0.2) is 13.6 Å². The van der Waals surface area contributed by atoms with Gasteiger partial charge in [0.2, 0.25) is 0 Å². The molecule has 0 saturated carbocycles. The highest BCUT2D eigenvalue weighted by atomic mass is 32.2. The third-order valence-electron chi connectivity index (χ3n) is 2.12. The molecule has 0 radical (unpaired) electrons. The summed E-state index contributed by atoms with van der Waals surface area (Å²) < 4.78 is 64.8. The molecule has 0 aliphatic carbocycles. The van der Waals surface area contributed by atoms with Gasteiger partial charge in [0, 0.05) is 23.7 Å². The molecule has 0 N–H and O–H groups in total. The normalized spacial score (nSPS) is 13.9. The summed E-state index contributed by atoms with van der Waals surface area (Å²) in [5.41, 5.74) is -1.54. The van der Waals surface area contributed by atoms with Crippen LogP contribution in [0.3, 0.4) is 0 Å². The molecule has 0 bridgehead atoms. The lowest BCUT2D eigenvalue weighted by Gasteiger charge is -2.06. The first-order chi connectivity index (χ1) is 8.84. The van der Waals surface area contributed by atoms with Crippen molar-refractivity contribution in [2.24, 2.45) is 4.40 Å². The van der Waals surface area contributed by atoms with Crippen molar-refractivity contribution in [2.45, 2.75) is 25.9 Å². The summed E-state index contributed by atoms with van der Waals surface area (Å²) in [4.78, 5) is 3.00. The Morgan fingerprint density at radius 3 is 2.68 bits per heavy atom. The lowest BCUT2D eigenvalue weighted by atomic mass is 10.2. The van der Waals surface area contributed by atoms with Gasteiger partial charge < -0.3 is 0 Å². The van der Waals surface area contributed by atoms with Gasteiger partial charge in [-0.2, -0.15) is 17.6 Å². The number of unbranched alkanes of at least 4 members (excludes halogenated alkanes) is 1. The Kier molecular flexibility index (Phi) is 5.59. The van der Waals surface area contributed by atoms with Crippen LogP contribution in [0.4, 0.5) is 17.6 Å². The van der Waals surface area contributed by atoms with Gasteiger partial charge in [-0.05, 0) is 12.5 Å². The number of aromatic nitrogens is 1. The molecule has 0 aromatic carbocycles. The summed E-state index contributed by atoms with van der Waals surface area (Å²) in [5.74, 6) is -1.11. The fourth-order valence-electron chi connectivity index (χ4n) is 1.17. The maximum Gasteiger partial charge on any atom is 0.436 e. The van der Waals surface area contributed by atoms with E-state index in [-0.39, 0.29) is 5.56 Å². The fourth-order valence-corrected chi connectivity index (χ4v) is 2.05. The third-order valence-corrected chi connectivity index (χ3v) is 3.10. The summed E-state index contributed by atoms with van der Waals surface area (Å²) in [5, 5.41) is 0. The summed E-state index contributed by atoms with van der Waals surface area (Å²) in [7, 11) is -1.45. The van der Waals surface area contributed by atoms with Crippen LogP contribution in [0.5, 0.6) is 0 Å². The zero-order chi connectivity index (χ0) is 14.5. The van der Waals surface area contributed by atoms with Gasteiger partial charge in [0.15, 0.2) is 11.5 Å². The van der Waals surface area contributed by atoms with Crippen molar-refractivity contribution in [3.63, 3.8) is 0 Å². The van der Waals surface area contributed by atoms with Crippen LogP contribution in [0, 0.1) is 5.82 Å². The Bertz CT molecular complexity index is 488. The Labute approximate surface area is 110 Å². The van der Waals surface area contributed by atoms with Crippen LogP contribution in [-0.2, 0) is 17.2 Å². The Hall–Kier alpha value is -1.31. The molecule has 0 aliphatic rings. The molecular weight excluding hydrogens is 284 g/mol. The van der Waals surface area contributed by atoms with E-state index in [4.69, 9.17) is 0 Å². The first-order valence-electron chi connectivity index (χ1n) is 5.50. The smallest absolute Gasteiger partial charge is 0.248 e. The van der Waals surface area contributed by atoms with Gasteiger partial charge in [0.1, 0.15) is 11.0 Å². The second-order valence-corrected chi connectivity index (χ2v) is 4.97. The molecular formula is C11H12F4N2OS. The standard InChI is InChI=1S/C11H12F4N2OS/c1-2-3-4-19(18)17-7-8-5-9(12)10(16-6-8)11(13,14)15/h5-7H,2-4H2,1H3/b17-7+/t19-/m1/s1. The van der Waals surface area contributed by atoms with E-state index in [1.54, 1.807) is 0 Å². The molecule has 0 amide bonds. The van der Waals surface area contributed by atoms with E-state index >= 15 is 0 Å². The molecule has 0 aliphatic heterocycles. The van der Waals surface area contributed by atoms with Crippen molar-refractivity contribution >= 4 is 17.2 Å². The zero-order valence-electron chi connectivity index (χ0n) is 10.1. The summed E-state index contributed by atoms with van der Waals surface area (Å²) in [6.45, 7) is 1.93. The van der Waals surface area contributed by atoms with Crippen molar-refractivity contribution < 1.29 is 21.8 Å². The van der Waals surface area contributed by atoms with Crippen molar-refractivity contribution in [3.8, 4) is 0 Å². The van der Waals surface area contributed by atoms with Crippen LogP contribution < -0.4 is 0 Å². The highest BCUT2D eigenvalue weighted by Gasteiger charge is 2.35. The van der Waals surface area contributed by atoms with Crippen LogP contribution in [-0.4, -0.2) is 21.2 Å². The monoisotopic (exact) mass is 296 g/mol. The van der Waals surface area contributed by atoms with E-state index in [0.29, 0.717) is 11.8 Å². The number of rotatable bonds is 5. The second-order valence-electron chi connectivity index (χ2n) is 3.71. The quantitative estimate of drug-likeness (QED) is 0.619. The maximum atomic E-state index is 13.2. The number of pyridine rings is 1. The van der Waals surface area contributed by atoms with Gasteiger partial charge in [0.05, 0.1) is 0 Å². The molecule has 1 aromatic heterocycles. The maximum absolute atomic E-state index is 13.2. The predicted molar refractivity (Wildman–Crippen MR) is 64.7 cm³/mol. The molecule has 3 nitrogen and oxygen atoms in total. The number of hydrogen-bond acceptors (Lipinski definition) is 2. The fraction of sp³-hybridized carbons (Fsp3) is 0.455. The van der Waals surface area contributed by atoms with E-state index in [2.05, 4.69) is 9.38 Å². The summed E-state index contributed by atoms with van der Waals surface area (Å²) in [6.07, 6.45) is -1.35. The van der Waals surface area contributed by atoms with Gasteiger partial charge in [0.25, 0.3) is 0 Å². The highest BCUT2D eigenvalue weighted by molar-refractivity contribution is 7.83. The molecule has 0 spiro atoms. The van der Waals surface area contributed by atoms with Crippen molar-refractivity contribution in [2.75, 3.05) is 5.75 Å². The Morgan fingerprint density at radius 2 is 2.16 bits per heavy atom. The lowest BCUT2D eigenvalue weighted by molar-refractivity contribution is -0.143. The van der Waals surface area contributed by atoms with E-state index in [0.717, 1.165) is 25.3 Å². The third kappa shape index (κ3) is 5.06. The molecule has 1 heterocycles. The van der Waals surface area contributed by atoms with Crippen LogP contribution in [0.25, 0.3) is 0 Å². The van der Waals surface area contributed by atoms with Gasteiger partial charge in [-0.3, -0.25) is 0 Å². The zero-order valence-corrected chi connectivity index (χ0v) is 10.9. The highest BCUT2D eigenvalue weighted by Crippen LogP contribution is 2.29. The molecule has 19 heavy (non-hydrogen) atoms. The van der Waals surface area contributed by atoms with Gasteiger partial charge in [-0.1, -0.05) is 13.3 Å². The Balaban J connectivity index is 2.79. The molecule has 1 aromatic rings. The van der Waals surface area contributed by atoms with Crippen LogP contribution in [0.15, 0.2) is 16.7 Å². The second kappa shape index (κ2) is 6.74. The van der Waals surface area contributed by atoms with E-state index in [9.17, 15) is 21.8 Å². The van der Waals surface area contributed by atoms with Crippen molar-refractivity contribution in [1.82, 2.24) is 4.98 Å². The Morgan fingerprint density at radius 1 is 1.47 bits per heavy atom. The molecule has 8 heteroatoms. The largest absolute Gasteiger partial charge is 0.436 e. The minimum atomic E-state index is -4.83. The van der Waals surface area contributed by atoms with Crippen LogP contribution >= 0.6 is 0 Å². The molecule has 1 atom stereocenters. The van der Waals surface area contributed by atoms with E-state index in [1.807, 2.05) is 6.92 Å². The average Bonchev–Trinajstić information content (AvgIpc) is 2.32. The SMILES string of the molecule is CCCC[S@@](=O)/N=C/c1cnc(C(F)(F)F)c(F)c1. The number of halogens is 4. The van der Waals surface area contributed by atoms with Crippen molar-refractivity contribution in [1.29, 1.82) is 0 Å². The summed E-state index contributed by atoms with van der Waals surface area (Å²) in [6, 6.07) is 0.663. The minimum absolute atomic E-state index is 0.0374. The number of nitrogens with zero attached hydrogens (tertiary/aromatic N) is 2. The summed E-state index contributed by atoms with van der Waals surface area (Å²) >= 11 is 0. The molecule has 1 rings (SSSR count). The van der Waals surface area contributed by atoms with E-state index < -0.39 is 28.7 Å². The van der Waals surface area contributed by atoms with Crippen LogP contribution in [0.2, 0.25) is 0 Å². The molecule has 0 saturated heterocycles. The minimum Gasteiger partial charge on any atom is -0.248 e. The van der Waals surface area contributed by atoms with Gasteiger partial charge >= 0.3 is 6.18 Å². The molecule has 0 fully saturated rings.